The van der Waals surface area contributed by atoms with Crippen molar-refractivity contribution < 1.29 is 5.11 Å². The molecule has 0 aliphatic carbocycles. The first-order valence-corrected chi connectivity index (χ1v) is 4.42. The lowest BCUT2D eigenvalue weighted by molar-refractivity contribution is 0.187. The summed E-state index contributed by atoms with van der Waals surface area (Å²) in [6.07, 6.45) is -0.746. The average molecular weight is 204 g/mol. The van der Waals surface area contributed by atoms with Crippen LogP contribution in [0.3, 0.4) is 0 Å². The molecule has 6 heteroatoms. The van der Waals surface area contributed by atoms with Gasteiger partial charge in [-0.25, -0.2) is 0 Å². The van der Waals surface area contributed by atoms with Gasteiger partial charge in [0.25, 0.3) is 0 Å². The molecule has 0 aliphatic rings. The third-order valence-corrected chi connectivity index (χ3v) is 2.40. The van der Waals surface area contributed by atoms with Crippen molar-refractivity contribution in [3.8, 4) is 0 Å². The van der Waals surface area contributed by atoms with Crippen molar-refractivity contribution in [2.75, 3.05) is 6.54 Å². The Morgan fingerprint density at radius 1 is 1.83 bits per heavy atom. The zero-order chi connectivity index (χ0) is 8.97. The van der Waals surface area contributed by atoms with E-state index in [1.807, 2.05) is 0 Å². The summed E-state index contributed by atoms with van der Waals surface area (Å²) < 4.78 is 0.616. The molecular weight excluding hydrogens is 198 g/mol. The molecule has 1 rings (SSSR count). The molecule has 1 N–H and O–H groups in total. The number of aliphatic hydroxyl groups is 1. The fourth-order valence-corrected chi connectivity index (χ4v) is 1.65. The summed E-state index contributed by atoms with van der Waals surface area (Å²) in [7, 11) is 0. The van der Waals surface area contributed by atoms with Crippen molar-refractivity contribution in [2.45, 2.75) is 6.10 Å². The highest BCUT2D eigenvalue weighted by atomic mass is 35.5. The number of azide groups is 1. The van der Waals surface area contributed by atoms with E-state index in [4.69, 9.17) is 17.1 Å². The quantitative estimate of drug-likeness (QED) is 0.458. The molecule has 1 heterocycles. The van der Waals surface area contributed by atoms with Gasteiger partial charge in [-0.15, -0.1) is 11.3 Å². The Morgan fingerprint density at radius 3 is 3.08 bits per heavy atom. The Bertz CT molecular complexity index is 307. The van der Waals surface area contributed by atoms with Gasteiger partial charge in [-0.1, -0.05) is 16.7 Å². The highest BCUT2D eigenvalue weighted by Crippen LogP contribution is 2.24. The van der Waals surface area contributed by atoms with Gasteiger partial charge in [0.2, 0.25) is 0 Å². The molecule has 4 nitrogen and oxygen atoms in total. The molecule has 0 aliphatic heterocycles. The lowest BCUT2D eigenvalue weighted by Crippen LogP contribution is -1.98. The maximum absolute atomic E-state index is 9.35. The second-order valence-electron chi connectivity index (χ2n) is 2.11. The second-order valence-corrected chi connectivity index (χ2v) is 3.66. The van der Waals surface area contributed by atoms with Gasteiger partial charge in [0, 0.05) is 4.91 Å². The highest BCUT2D eigenvalue weighted by molar-refractivity contribution is 7.14. The molecule has 0 bridgehead atoms. The number of hydrogen-bond donors (Lipinski definition) is 1. The minimum atomic E-state index is -0.746. The van der Waals surface area contributed by atoms with E-state index in [-0.39, 0.29) is 6.54 Å². The summed E-state index contributed by atoms with van der Waals surface area (Å²) in [5.41, 5.74) is 8.68. The van der Waals surface area contributed by atoms with Crippen molar-refractivity contribution in [2.24, 2.45) is 5.11 Å². The third kappa shape index (κ3) is 2.39. The number of hydrogen-bond acceptors (Lipinski definition) is 3. The summed E-state index contributed by atoms with van der Waals surface area (Å²) in [6.45, 7) is 0.0452. The van der Waals surface area contributed by atoms with Crippen LogP contribution >= 0.6 is 22.9 Å². The van der Waals surface area contributed by atoms with Gasteiger partial charge >= 0.3 is 0 Å². The van der Waals surface area contributed by atoms with Crippen LogP contribution in [-0.4, -0.2) is 11.7 Å². The van der Waals surface area contributed by atoms with Crippen molar-refractivity contribution in [3.63, 3.8) is 0 Å². The molecule has 0 amide bonds. The Labute approximate surface area is 78.0 Å². The first-order valence-electron chi connectivity index (χ1n) is 3.17. The lowest BCUT2D eigenvalue weighted by Gasteiger charge is -2.02. The van der Waals surface area contributed by atoms with Gasteiger partial charge in [0.05, 0.1) is 17.0 Å². The Kier molecular flexibility index (Phi) is 3.37. The smallest absolute Gasteiger partial charge is 0.0932 e. The van der Waals surface area contributed by atoms with Gasteiger partial charge in [-0.3, -0.25) is 0 Å². The minimum Gasteiger partial charge on any atom is -0.388 e. The molecule has 0 saturated heterocycles. The Hall–Kier alpha value is -0.740. The van der Waals surface area contributed by atoms with E-state index >= 15 is 0 Å². The van der Waals surface area contributed by atoms with Crippen LogP contribution in [0.15, 0.2) is 16.6 Å². The van der Waals surface area contributed by atoms with Gasteiger partial charge < -0.3 is 5.11 Å². The Balaban J connectivity index is 2.64. The zero-order valence-electron chi connectivity index (χ0n) is 6.01. The molecule has 0 radical (unpaired) electrons. The molecule has 0 aromatic carbocycles. The third-order valence-electron chi connectivity index (χ3n) is 1.29. The summed E-state index contributed by atoms with van der Waals surface area (Å²) in [6, 6.07) is 1.66. The Morgan fingerprint density at radius 2 is 2.58 bits per heavy atom. The van der Waals surface area contributed by atoms with E-state index in [2.05, 4.69) is 10.0 Å². The first-order chi connectivity index (χ1) is 5.74. The topological polar surface area (TPSA) is 69.0 Å². The molecule has 0 saturated carbocycles. The van der Waals surface area contributed by atoms with Crippen molar-refractivity contribution in [3.05, 3.63) is 31.8 Å². The molecule has 0 unspecified atom stereocenters. The second kappa shape index (κ2) is 4.33. The molecule has 1 aromatic rings. The van der Waals surface area contributed by atoms with E-state index in [1.54, 1.807) is 11.4 Å². The standard InChI is InChI=1S/C6H6ClN3OS/c7-6-1-4(3-12-6)5(11)2-9-10-8/h1,3,5,11H,2H2/t5-/m1/s1. The number of nitrogens with zero attached hydrogens (tertiary/aromatic N) is 3. The van der Waals surface area contributed by atoms with E-state index in [0.29, 0.717) is 9.90 Å². The van der Waals surface area contributed by atoms with Gasteiger partial charge in [0.15, 0.2) is 0 Å². The fourth-order valence-electron chi connectivity index (χ4n) is 0.717. The van der Waals surface area contributed by atoms with Crippen LogP contribution in [0, 0.1) is 0 Å². The maximum Gasteiger partial charge on any atom is 0.0932 e. The summed E-state index contributed by atoms with van der Waals surface area (Å²) in [5.74, 6) is 0. The molecule has 0 spiro atoms. The molecular formula is C6H6ClN3OS. The van der Waals surface area contributed by atoms with Crippen LogP contribution in [0.1, 0.15) is 11.7 Å². The monoisotopic (exact) mass is 203 g/mol. The van der Waals surface area contributed by atoms with E-state index in [0.717, 1.165) is 0 Å². The molecule has 1 aromatic heterocycles. The SMILES string of the molecule is [N-]=[N+]=NC[C@@H](O)c1csc(Cl)c1. The van der Waals surface area contributed by atoms with E-state index < -0.39 is 6.10 Å². The van der Waals surface area contributed by atoms with Crippen LogP contribution in [0.25, 0.3) is 10.4 Å². The van der Waals surface area contributed by atoms with Crippen molar-refractivity contribution in [1.29, 1.82) is 0 Å². The summed E-state index contributed by atoms with van der Waals surface area (Å²) in [5, 5.41) is 14.3. The number of aliphatic hydroxyl groups excluding tert-OH is 1. The number of rotatable bonds is 3. The van der Waals surface area contributed by atoms with Crippen LogP contribution in [0.4, 0.5) is 0 Å². The number of halogens is 1. The van der Waals surface area contributed by atoms with Crippen molar-refractivity contribution >= 4 is 22.9 Å². The van der Waals surface area contributed by atoms with E-state index in [9.17, 15) is 5.11 Å². The van der Waals surface area contributed by atoms with Crippen LogP contribution in [0.2, 0.25) is 4.34 Å². The van der Waals surface area contributed by atoms with Gasteiger partial charge in [-0.2, -0.15) is 0 Å². The zero-order valence-corrected chi connectivity index (χ0v) is 7.59. The molecule has 64 valence electrons. The van der Waals surface area contributed by atoms with Gasteiger partial charge in [-0.05, 0) is 22.5 Å². The fraction of sp³-hybridized carbons (Fsp3) is 0.333. The first kappa shape index (κ1) is 9.35. The average Bonchev–Trinajstić information content (AvgIpc) is 2.47. The summed E-state index contributed by atoms with van der Waals surface area (Å²) >= 11 is 6.98. The van der Waals surface area contributed by atoms with Gasteiger partial charge in [0.1, 0.15) is 0 Å². The molecule has 12 heavy (non-hydrogen) atoms. The van der Waals surface area contributed by atoms with Crippen molar-refractivity contribution in [1.82, 2.24) is 0 Å². The van der Waals surface area contributed by atoms with Crippen LogP contribution < -0.4 is 0 Å². The predicted molar refractivity (Wildman–Crippen MR) is 48.3 cm³/mol. The normalized spacial score (nSPS) is 12.2. The van der Waals surface area contributed by atoms with Crippen LogP contribution in [0.5, 0.6) is 0 Å². The minimum absolute atomic E-state index is 0.0452. The van der Waals surface area contributed by atoms with Crippen LogP contribution in [-0.2, 0) is 0 Å². The molecule has 0 fully saturated rings. The highest BCUT2D eigenvalue weighted by Gasteiger charge is 2.07. The lowest BCUT2D eigenvalue weighted by atomic mass is 10.2. The molecule has 1 atom stereocenters. The predicted octanol–water partition coefficient (Wildman–Crippen LogP) is 2.75. The number of thiophene rings is 1. The van der Waals surface area contributed by atoms with E-state index in [1.165, 1.54) is 11.3 Å². The maximum atomic E-state index is 9.35. The summed E-state index contributed by atoms with van der Waals surface area (Å²) in [4.78, 5) is 2.54. The largest absolute Gasteiger partial charge is 0.388 e.